The molecule has 0 heterocycles. The standard InChI is InChI=1S/C14H23FN2/c1-3-17(4-2)12-11-16-10-9-13-5-7-14(15)8-6-13/h5-8,16H,3-4,9-12H2,1-2H3. The summed E-state index contributed by atoms with van der Waals surface area (Å²) in [6.45, 7) is 9.64. The van der Waals surface area contributed by atoms with Gasteiger partial charge in [-0.3, -0.25) is 0 Å². The fourth-order valence-corrected chi connectivity index (χ4v) is 1.79. The first-order chi connectivity index (χ1) is 8.26. The molecule has 0 aliphatic heterocycles. The van der Waals surface area contributed by atoms with Crippen LogP contribution >= 0.6 is 0 Å². The second-order valence-electron chi connectivity index (χ2n) is 4.15. The Morgan fingerprint density at radius 1 is 1.06 bits per heavy atom. The molecule has 0 bridgehead atoms. The predicted molar refractivity (Wildman–Crippen MR) is 70.8 cm³/mol. The smallest absolute Gasteiger partial charge is 0.123 e. The molecule has 0 atom stereocenters. The minimum atomic E-state index is -0.164. The Balaban J connectivity index is 2.10. The zero-order valence-corrected chi connectivity index (χ0v) is 10.9. The first-order valence-corrected chi connectivity index (χ1v) is 6.43. The van der Waals surface area contributed by atoms with Gasteiger partial charge in [0.25, 0.3) is 0 Å². The molecule has 0 amide bonds. The maximum absolute atomic E-state index is 12.7. The maximum atomic E-state index is 12.7. The fraction of sp³-hybridized carbons (Fsp3) is 0.571. The van der Waals surface area contributed by atoms with Crippen molar-refractivity contribution in [3.05, 3.63) is 35.6 Å². The van der Waals surface area contributed by atoms with Crippen molar-refractivity contribution < 1.29 is 4.39 Å². The molecule has 0 aliphatic carbocycles. The number of rotatable bonds is 8. The third-order valence-electron chi connectivity index (χ3n) is 3.00. The number of hydrogen-bond donors (Lipinski definition) is 1. The van der Waals surface area contributed by atoms with Crippen molar-refractivity contribution in [2.24, 2.45) is 0 Å². The van der Waals surface area contributed by atoms with E-state index in [1.54, 1.807) is 0 Å². The fourth-order valence-electron chi connectivity index (χ4n) is 1.79. The summed E-state index contributed by atoms with van der Waals surface area (Å²) in [6, 6.07) is 6.74. The van der Waals surface area contributed by atoms with Crippen LogP contribution in [0, 0.1) is 5.82 Å². The molecule has 1 aromatic carbocycles. The Bertz CT molecular complexity index is 294. The van der Waals surface area contributed by atoms with Gasteiger partial charge in [0.05, 0.1) is 0 Å². The van der Waals surface area contributed by atoms with Crippen molar-refractivity contribution in [2.45, 2.75) is 20.3 Å². The third-order valence-corrected chi connectivity index (χ3v) is 3.00. The zero-order chi connectivity index (χ0) is 12.5. The molecule has 0 unspecified atom stereocenters. The van der Waals surface area contributed by atoms with E-state index in [-0.39, 0.29) is 5.82 Å². The maximum Gasteiger partial charge on any atom is 0.123 e. The molecule has 1 N–H and O–H groups in total. The summed E-state index contributed by atoms with van der Waals surface area (Å²) in [4.78, 5) is 2.39. The van der Waals surface area contributed by atoms with E-state index >= 15 is 0 Å². The van der Waals surface area contributed by atoms with Gasteiger partial charge < -0.3 is 10.2 Å². The van der Waals surface area contributed by atoms with Crippen molar-refractivity contribution in [3.8, 4) is 0 Å². The van der Waals surface area contributed by atoms with E-state index in [1.807, 2.05) is 12.1 Å². The van der Waals surface area contributed by atoms with E-state index in [9.17, 15) is 4.39 Å². The Kier molecular flexibility index (Phi) is 6.82. The molecular formula is C14H23FN2. The van der Waals surface area contributed by atoms with Gasteiger partial charge in [0.2, 0.25) is 0 Å². The highest BCUT2D eigenvalue weighted by Crippen LogP contribution is 2.02. The van der Waals surface area contributed by atoms with Gasteiger partial charge in [0, 0.05) is 13.1 Å². The van der Waals surface area contributed by atoms with E-state index in [0.717, 1.165) is 39.1 Å². The van der Waals surface area contributed by atoms with Gasteiger partial charge in [0.1, 0.15) is 5.82 Å². The normalized spacial score (nSPS) is 11.1. The van der Waals surface area contributed by atoms with E-state index in [1.165, 1.54) is 17.7 Å². The first-order valence-electron chi connectivity index (χ1n) is 6.43. The summed E-state index contributed by atoms with van der Waals surface area (Å²) in [6.07, 6.45) is 0.957. The molecular weight excluding hydrogens is 215 g/mol. The molecule has 1 aromatic rings. The minimum Gasteiger partial charge on any atom is -0.315 e. The summed E-state index contributed by atoms with van der Waals surface area (Å²) in [5, 5.41) is 3.41. The molecule has 0 radical (unpaired) electrons. The van der Waals surface area contributed by atoms with Crippen LogP contribution in [0.1, 0.15) is 19.4 Å². The lowest BCUT2D eigenvalue weighted by molar-refractivity contribution is 0.303. The average Bonchev–Trinajstić information content (AvgIpc) is 2.36. The Morgan fingerprint density at radius 2 is 1.71 bits per heavy atom. The summed E-state index contributed by atoms with van der Waals surface area (Å²) in [7, 11) is 0. The van der Waals surface area contributed by atoms with Crippen LogP contribution < -0.4 is 5.32 Å². The largest absolute Gasteiger partial charge is 0.315 e. The second kappa shape index (κ2) is 8.20. The van der Waals surface area contributed by atoms with Crippen LogP contribution in [0.4, 0.5) is 4.39 Å². The lowest BCUT2D eigenvalue weighted by Crippen LogP contribution is -2.32. The summed E-state index contributed by atoms with van der Waals surface area (Å²) in [5.41, 5.74) is 1.18. The van der Waals surface area contributed by atoms with E-state index in [0.29, 0.717) is 0 Å². The third kappa shape index (κ3) is 5.80. The van der Waals surface area contributed by atoms with Gasteiger partial charge in [-0.05, 0) is 43.8 Å². The molecule has 0 saturated heterocycles. The molecule has 2 nitrogen and oxygen atoms in total. The van der Waals surface area contributed by atoms with Crippen molar-refractivity contribution in [2.75, 3.05) is 32.7 Å². The van der Waals surface area contributed by atoms with Gasteiger partial charge in [-0.1, -0.05) is 26.0 Å². The monoisotopic (exact) mass is 238 g/mol. The molecule has 3 heteroatoms. The van der Waals surface area contributed by atoms with Crippen molar-refractivity contribution in [1.29, 1.82) is 0 Å². The summed E-state index contributed by atoms with van der Waals surface area (Å²) < 4.78 is 12.7. The lowest BCUT2D eigenvalue weighted by atomic mass is 10.1. The quantitative estimate of drug-likeness (QED) is 0.699. The number of nitrogens with one attached hydrogen (secondary N) is 1. The van der Waals surface area contributed by atoms with Crippen LogP contribution in [0.3, 0.4) is 0 Å². The number of benzene rings is 1. The Hall–Kier alpha value is -0.930. The molecule has 1 rings (SSSR count). The second-order valence-corrected chi connectivity index (χ2v) is 4.15. The van der Waals surface area contributed by atoms with Crippen molar-refractivity contribution in [3.63, 3.8) is 0 Å². The van der Waals surface area contributed by atoms with Crippen LogP contribution in [-0.2, 0) is 6.42 Å². The molecule has 0 fully saturated rings. The number of likely N-dealkylation sites (N-methyl/N-ethyl adjacent to an activating group) is 1. The van der Waals surface area contributed by atoms with E-state index < -0.39 is 0 Å². The highest BCUT2D eigenvalue weighted by atomic mass is 19.1. The molecule has 0 spiro atoms. The van der Waals surface area contributed by atoms with E-state index in [4.69, 9.17) is 0 Å². The molecule has 0 aliphatic rings. The van der Waals surface area contributed by atoms with Crippen LogP contribution in [0.15, 0.2) is 24.3 Å². The van der Waals surface area contributed by atoms with Crippen molar-refractivity contribution >= 4 is 0 Å². The number of hydrogen-bond acceptors (Lipinski definition) is 2. The molecule has 0 aromatic heterocycles. The highest BCUT2D eigenvalue weighted by molar-refractivity contribution is 5.16. The van der Waals surface area contributed by atoms with Gasteiger partial charge in [-0.2, -0.15) is 0 Å². The van der Waals surface area contributed by atoms with Gasteiger partial charge in [0.15, 0.2) is 0 Å². The van der Waals surface area contributed by atoms with Gasteiger partial charge >= 0.3 is 0 Å². The lowest BCUT2D eigenvalue weighted by Gasteiger charge is -2.17. The Morgan fingerprint density at radius 3 is 2.29 bits per heavy atom. The molecule has 17 heavy (non-hydrogen) atoms. The van der Waals surface area contributed by atoms with Gasteiger partial charge in [-0.25, -0.2) is 4.39 Å². The van der Waals surface area contributed by atoms with Crippen molar-refractivity contribution in [1.82, 2.24) is 10.2 Å². The van der Waals surface area contributed by atoms with Gasteiger partial charge in [-0.15, -0.1) is 0 Å². The van der Waals surface area contributed by atoms with Crippen LogP contribution in [0.2, 0.25) is 0 Å². The number of halogens is 1. The molecule has 0 saturated carbocycles. The van der Waals surface area contributed by atoms with Crippen LogP contribution in [-0.4, -0.2) is 37.6 Å². The SMILES string of the molecule is CCN(CC)CCNCCc1ccc(F)cc1. The summed E-state index contributed by atoms with van der Waals surface area (Å²) in [5.74, 6) is -0.164. The first kappa shape index (κ1) is 14.1. The predicted octanol–water partition coefficient (Wildman–Crippen LogP) is 2.30. The Labute approximate surface area is 104 Å². The van der Waals surface area contributed by atoms with E-state index in [2.05, 4.69) is 24.1 Å². The zero-order valence-electron chi connectivity index (χ0n) is 10.9. The highest BCUT2D eigenvalue weighted by Gasteiger charge is 1.98. The number of nitrogens with zero attached hydrogens (tertiary/aromatic N) is 1. The van der Waals surface area contributed by atoms with Crippen LogP contribution in [0.5, 0.6) is 0 Å². The topological polar surface area (TPSA) is 15.3 Å². The minimum absolute atomic E-state index is 0.164. The average molecular weight is 238 g/mol. The summed E-state index contributed by atoms with van der Waals surface area (Å²) >= 11 is 0. The van der Waals surface area contributed by atoms with Crippen LogP contribution in [0.25, 0.3) is 0 Å². The molecule has 96 valence electrons.